The lowest BCUT2D eigenvalue weighted by Gasteiger charge is -2.35. The van der Waals surface area contributed by atoms with Crippen molar-refractivity contribution in [3.8, 4) is 5.75 Å². The van der Waals surface area contributed by atoms with Crippen LogP contribution in [-0.4, -0.2) is 66.8 Å². The van der Waals surface area contributed by atoms with Crippen LogP contribution in [0, 0.1) is 6.92 Å². The third-order valence-electron chi connectivity index (χ3n) is 5.45. The summed E-state index contributed by atoms with van der Waals surface area (Å²) < 4.78 is 32.1. The number of aryl methyl sites for hydroxylation is 1. The van der Waals surface area contributed by atoms with E-state index in [2.05, 4.69) is 37.5 Å². The number of sulfone groups is 1. The van der Waals surface area contributed by atoms with Crippen LogP contribution in [0.25, 0.3) is 0 Å². The third kappa shape index (κ3) is 5.02. The van der Waals surface area contributed by atoms with E-state index in [-0.39, 0.29) is 10.8 Å². The van der Waals surface area contributed by atoms with Crippen molar-refractivity contribution in [3.05, 3.63) is 59.9 Å². The molecule has 0 radical (unpaired) electrons. The molecule has 2 aromatic carbocycles. The Morgan fingerprint density at radius 3 is 2.29 bits per heavy atom. The van der Waals surface area contributed by atoms with Crippen LogP contribution in [0.1, 0.15) is 11.4 Å². The summed E-state index contributed by atoms with van der Waals surface area (Å²) in [6, 6.07) is 14.9. The van der Waals surface area contributed by atoms with Crippen molar-refractivity contribution in [1.82, 2.24) is 25.1 Å². The van der Waals surface area contributed by atoms with E-state index in [0.29, 0.717) is 12.4 Å². The van der Waals surface area contributed by atoms with Crippen LogP contribution in [0.2, 0.25) is 0 Å². The van der Waals surface area contributed by atoms with E-state index < -0.39 is 9.84 Å². The summed E-state index contributed by atoms with van der Waals surface area (Å²) in [7, 11) is -1.87. The van der Waals surface area contributed by atoms with E-state index >= 15 is 0 Å². The molecule has 0 unspecified atom stereocenters. The fourth-order valence-electron chi connectivity index (χ4n) is 3.58. The molecule has 1 aliphatic heterocycles. The number of methoxy groups -OCH3 is 1. The molecule has 10 heteroatoms. The highest BCUT2D eigenvalue weighted by molar-refractivity contribution is 7.90. The maximum atomic E-state index is 12.8. The molecule has 3 aromatic rings. The Morgan fingerprint density at radius 1 is 0.968 bits per heavy atom. The van der Waals surface area contributed by atoms with Crippen LogP contribution in [0.4, 0.5) is 5.69 Å². The second-order valence-corrected chi connectivity index (χ2v) is 9.57. The molecule has 0 amide bonds. The first-order valence-electron chi connectivity index (χ1n) is 10.1. The van der Waals surface area contributed by atoms with Gasteiger partial charge in [-0.05, 0) is 53.7 Å². The average Bonchev–Trinajstić information content (AvgIpc) is 3.20. The van der Waals surface area contributed by atoms with Crippen molar-refractivity contribution in [1.29, 1.82) is 0 Å². The minimum Gasteiger partial charge on any atom is -0.497 e. The van der Waals surface area contributed by atoms with Crippen molar-refractivity contribution < 1.29 is 13.2 Å². The number of rotatable bonds is 7. The first kappa shape index (κ1) is 21.3. The number of anilines is 1. The summed E-state index contributed by atoms with van der Waals surface area (Å²) >= 11 is 0. The van der Waals surface area contributed by atoms with Gasteiger partial charge in [0.15, 0.2) is 21.5 Å². The zero-order chi connectivity index (χ0) is 21.8. The lowest BCUT2D eigenvalue weighted by molar-refractivity contribution is 0.240. The van der Waals surface area contributed by atoms with E-state index in [1.54, 1.807) is 31.4 Å². The van der Waals surface area contributed by atoms with Crippen molar-refractivity contribution in [2.45, 2.75) is 24.2 Å². The van der Waals surface area contributed by atoms with E-state index in [4.69, 9.17) is 4.74 Å². The highest BCUT2D eigenvalue weighted by Gasteiger charge is 2.22. The van der Waals surface area contributed by atoms with Gasteiger partial charge in [0.2, 0.25) is 0 Å². The molecule has 0 spiro atoms. The lowest BCUT2D eigenvalue weighted by atomic mass is 10.2. The van der Waals surface area contributed by atoms with Crippen molar-refractivity contribution >= 4 is 15.5 Å². The molecule has 0 N–H and O–H groups in total. The Kier molecular flexibility index (Phi) is 6.19. The van der Waals surface area contributed by atoms with Crippen molar-refractivity contribution in [2.75, 3.05) is 38.2 Å². The summed E-state index contributed by atoms with van der Waals surface area (Å²) in [5.74, 6) is 1.12. The van der Waals surface area contributed by atoms with Crippen LogP contribution in [-0.2, 0) is 22.3 Å². The van der Waals surface area contributed by atoms with E-state index in [0.717, 1.165) is 43.2 Å². The molecule has 1 aromatic heterocycles. The van der Waals surface area contributed by atoms with Crippen LogP contribution in [0.15, 0.2) is 53.4 Å². The van der Waals surface area contributed by atoms with Gasteiger partial charge in [-0.25, -0.2) is 13.1 Å². The normalized spacial score (nSPS) is 15.2. The highest BCUT2D eigenvalue weighted by Crippen LogP contribution is 2.21. The second kappa shape index (κ2) is 9.03. The van der Waals surface area contributed by atoms with Crippen molar-refractivity contribution in [3.63, 3.8) is 0 Å². The van der Waals surface area contributed by atoms with E-state index in [1.807, 2.05) is 19.1 Å². The summed E-state index contributed by atoms with van der Waals surface area (Å²) in [6.45, 7) is 5.84. The Morgan fingerprint density at radius 2 is 1.65 bits per heavy atom. The van der Waals surface area contributed by atoms with Gasteiger partial charge in [0, 0.05) is 31.9 Å². The number of benzene rings is 2. The Bertz CT molecular complexity index is 1100. The number of hydrogen-bond acceptors (Lipinski definition) is 8. The smallest absolute Gasteiger partial charge is 0.198 e. The molecule has 0 aliphatic carbocycles. The van der Waals surface area contributed by atoms with Crippen LogP contribution in [0.3, 0.4) is 0 Å². The van der Waals surface area contributed by atoms with Crippen molar-refractivity contribution in [2.24, 2.45) is 0 Å². The number of aromatic nitrogens is 4. The summed E-state index contributed by atoms with van der Waals surface area (Å²) in [5, 5.41) is 11.7. The Balaban J connectivity index is 1.37. The number of hydrogen-bond donors (Lipinski definition) is 0. The van der Waals surface area contributed by atoms with Gasteiger partial charge in [0.05, 0.1) is 18.6 Å². The quantitative estimate of drug-likeness (QED) is 0.546. The Labute approximate surface area is 182 Å². The summed E-state index contributed by atoms with van der Waals surface area (Å²) in [4.78, 5) is 4.83. The second-order valence-electron chi connectivity index (χ2n) is 7.61. The molecule has 1 saturated heterocycles. The topological polar surface area (TPSA) is 93.4 Å². The molecular formula is C21H26N6O3S. The van der Waals surface area contributed by atoms with Gasteiger partial charge in [0.1, 0.15) is 5.75 Å². The molecule has 1 aliphatic rings. The first-order chi connectivity index (χ1) is 14.9. The minimum atomic E-state index is -3.53. The summed E-state index contributed by atoms with van der Waals surface area (Å²) in [5.41, 5.74) is 2.17. The fraction of sp³-hybridized carbons (Fsp3) is 0.381. The highest BCUT2D eigenvalue weighted by atomic mass is 32.2. The summed E-state index contributed by atoms with van der Waals surface area (Å²) in [6.07, 6.45) is 0. The predicted molar refractivity (Wildman–Crippen MR) is 117 cm³/mol. The maximum Gasteiger partial charge on any atom is 0.198 e. The molecule has 0 atom stereocenters. The molecular weight excluding hydrogens is 416 g/mol. The number of nitrogens with zero attached hydrogens (tertiary/aromatic N) is 6. The van der Waals surface area contributed by atoms with Gasteiger partial charge in [-0.3, -0.25) is 4.90 Å². The number of tetrazole rings is 1. The van der Waals surface area contributed by atoms with Gasteiger partial charge in [-0.1, -0.05) is 17.7 Å². The SMILES string of the molecule is COc1ccc(N2CCN(Cc3nnnn3CS(=O)(=O)c3ccc(C)cc3)CC2)cc1. The predicted octanol–water partition coefficient (Wildman–Crippen LogP) is 1.74. The molecule has 31 heavy (non-hydrogen) atoms. The molecule has 2 heterocycles. The molecule has 164 valence electrons. The third-order valence-corrected chi connectivity index (χ3v) is 7.03. The van der Waals surface area contributed by atoms with Gasteiger partial charge in [-0.2, -0.15) is 0 Å². The van der Waals surface area contributed by atoms with Crippen LogP contribution in [0.5, 0.6) is 5.75 Å². The van der Waals surface area contributed by atoms with E-state index in [9.17, 15) is 8.42 Å². The largest absolute Gasteiger partial charge is 0.497 e. The zero-order valence-corrected chi connectivity index (χ0v) is 18.5. The zero-order valence-electron chi connectivity index (χ0n) is 17.7. The van der Waals surface area contributed by atoms with E-state index in [1.165, 1.54) is 4.68 Å². The fourth-order valence-corrected chi connectivity index (χ4v) is 4.80. The van der Waals surface area contributed by atoms with Crippen LogP contribution < -0.4 is 9.64 Å². The standard InChI is InChI=1S/C21H26N6O3S/c1-17-3-9-20(10-4-17)31(28,29)16-27-21(22-23-24-27)15-25-11-13-26(14-12-25)18-5-7-19(30-2)8-6-18/h3-10H,11-16H2,1-2H3. The number of piperazine rings is 1. The average molecular weight is 443 g/mol. The first-order valence-corrected chi connectivity index (χ1v) is 11.8. The van der Waals surface area contributed by atoms with Gasteiger partial charge < -0.3 is 9.64 Å². The molecule has 0 bridgehead atoms. The molecule has 4 rings (SSSR count). The van der Waals surface area contributed by atoms with Gasteiger partial charge in [-0.15, -0.1) is 5.10 Å². The Hall–Kier alpha value is -2.98. The number of ether oxygens (including phenoxy) is 1. The molecule has 9 nitrogen and oxygen atoms in total. The monoisotopic (exact) mass is 442 g/mol. The van der Waals surface area contributed by atoms with Crippen LogP contribution >= 0.6 is 0 Å². The van der Waals surface area contributed by atoms with Gasteiger partial charge >= 0.3 is 0 Å². The minimum absolute atomic E-state index is 0.271. The lowest BCUT2D eigenvalue weighted by Crippen LogP contribution is -2.46. The maximum absolute atomic E-state index is 12.8. The molecule has 1 fully saturated rings. The molecule has 0 saturated carbocycles. The van der Waals surface area contributed by atoms with Gasteiger partial charge in [0.25, 0.3) is 0 Å².